The molecule has 1 saturated carbocycles. The third-order valence-electron chi connectivity index (χ3n) is 5.26. The number of nitrogens with zero attached hydrogens (tertiary/aromatic N) is 1. The Hall–Kier alpha value is -0.0600. The summed E-state index contributed by atoms with van der Waals surface area (Å²) in [6, 6.07) is 3.51. The Bertz CT molecular complexity index is 497. The highest BCUT2D eigenvalue weighted by molar-refractivity contribution is 6.32. The van der Waals surface area contributed by atoms with Gasteiger partial charge in [0.1, 0.15) is 5.82 Å². The van der Waals surface area contributed by atoms with Crippen molar-refractivity contribution in [3.63, 3.8) is 0 Å². The van der Waals surface area contributed by atoms with Crippen LogP contribution >= 0.6 is 36.4 Å². The molecule has 3 rings (SSSR count). The van der Waals surface area contributed by atoms with Crippen LogP contribution in [0.25, 0.3) is 0 Å². The Morgan fingerprint density at radius 3 is 2.38 bits per heavy atom. The van der Waals surface area contributed by atoms with Crippen molar-refractivity contribution in [3.05, 3.63) is 34.1 Å². The Labute approximate surface area is 162 Å². The van der Waals surface area contributed by atoms with E-state index >= 15 is 0 Å². The summed E-state index contributed by atoms with van der Waals surface area (Å²) in [7, 11) is 0. The fourth-order valence-corrected chi connectivity index (χ4v) is 4.34. The second-order valence-electron chi connectivity index (χ2n) is 6.72. The van der Waals surface area contributed by atoms with E-state index in [0.29, 0.717) is 10.9 Å². The molecule has 0 unspecified atom stereocenters. The molecule has 0 amide bonds. The summed E-state index contributed by atoms with van der Waals surface area (Å²) in [6.07, 6.45) is 6.22. The van der Waals surface area contributed by atoms with Gasteiger partial charge in [0.25, 0.3) is 0 Å². The minimum Gasteiger partial charge on any atom is -0.314 e. The van der Waals surface area contributed by atoms with Crippen LogP contribution in [0.2, 0.25) is 5.02 Å². The van der Waals surface area contributed by atoms with Gasteiger partial charge in [0, 0.05) is 37.8 Å². The Balaban J connectivity index is 0.00000144. The van der Waals surface area contributed by atoms with E-state index in [-0.39, 0.29) is 36.7 Å². The number of nitrogens with one attached hydrogen (secondary N) is 1. The molecular weight excluding hydrogens is 370 g/mol. The highest BCUT2D eigenvalue weighted by Gasteiger charge is 2.34. The zero-order chi connectivity index (χ0) is 15.5. The van der Waals surface area contributed by atoms with Crippen LogP contribution in [0.15, 0.2) is 12.1 Å². The molecule has 1 aliphatic carbocycles. The third kappa shape index (κ3) is 4.76. The molecule has 0 aromatic heterocycles. The number of piperazine rings is 1. The molecule has 1 heterocycles. The van der Waals surface area contributed by atoms with Crippen LogP contribution in [0.3, 0.4) is 0 Å². The van der Waals surface area contributed by atoms with Crippen molar-refractivity contribution in [2.75, 3.05) is 26.2 Å². The molecule has 0 radical (unpaired) electrons. The first-order valence-corrected chi connectivity index (χ1v) is 8.95. The minimum atomic E-state index is -0.135. The zero-order valence-electron chi connectivity index (χ0n) is 14.2. The van der Waals surface area contributed by atoms with E-state index in [1.165, 1.54) is 32.1 Å². The number of hydrogen-bond acceptors (Lipinski definition) is 2. The molecule has 2 fully saturated rings. The van der Waals surface area contributed by atoms with Crippen molar-refractivity contribution >= 4 is 36.4 Å². The maximum Gasteiger partial charge on any atom is 0.129 e. The van der Waals surface area contributed by atoms with Gasteiger partial charge in [0.15, 0.2) is 0 Å². The van der Waals surface area contributed by atoms with Gasteiger partial charge in [-0.15, -0.1) is 24.8 Å². The van der Waals surface area contributed by atoms with E-state index in [4.69, 9.17) is 11.6 Å². The molecule has 0 bridgehead atoms. The number of benzene rings is 1. The van der Waals surface area contributed by atoms with Gasteiger partial charge >= 0.3 is 0 Å². The van der Waals surface area contributed by atoms with Crippen molar-refractivity contribution in [1.82, 2.24) is 10.2 Å². The highest BCUT2D eigenvalue weighted by Crippen LogP contribution is 2.42. The maximum atomic E-state index is 14.7. The molecule has 1 saturated heterocycles. The largest absolute Gasteiger partial charge is 0.314 e. The summed E-state index contributed by atoms with van der Waals surface area (Å²) in [4.78, 5) is 2.45. The van der Waals surface area contributed by atoms with Crippen molar-refractivity contribution in [1.29, 1.82) is 0 Å². The van der Waals surface area contributed by atoms with E-state index in [1.807, 2.05) is 6.92 Å². The molecule has 1 aliphatic heterocycles. The molecule has 0 spiro atoms. The molecule has 2 nitrogen and oxygen atoms in total. The second kappa shape index (κ2) is 10.2. The topological polar surface area (TPSA) is 15.3 Å². The Kier molecular flexibility index (Phi) is 9.32. The lowest BCUT2D eigenvalue weighted by Crippen LogP contribution is -2.47. The number of hydrogen-bond donors (Lipinski definition) is 1. The normalized spacial score (nSPS) is 20.8. The third-order valence-corrected chi connectivity index (χ3v) is 5.76. The monoisotopic (exact) mass is 396 g/mol. The van der Waals surface area contributed by atoms with E-state index in [9.17, 15) is 4.39 Å². The maximum absolute atomic E-state index is 14.7. The van der Waals surface area contributed by atoms with Gasteiger partial charge in [-0.05, 0) is 37.3 Å². The predicted octanol–water partition coefficient (Wildman–Crippen LogP) is 5.16. The molecule has 24 heavy (non-hydrogen) atoms. The average Bonchev–Trinajstić information content (AvgIpc) is 2.57. The lowest BCUT2D eigenvalue weighted by atomic mass is 9.79. The average molecular weight is 398 g/mol. The lowest BCUT2D eigenvalue weighted by molar-refractivity contribution is 0.101. The second-order valence-corrected chi connectivity index (χ2v) is 7.10. The number of rotatable bonds is 3. The lowest BCUT2D eigenvalue weighted by Gasteiger charge is -2.41. The van der Waals surface area contributed by atoms with Crippen molar-refractivity contribution in [2.24, 2.45) is 5.92 Å². The smallest absolute Gasteiger partial charge is 0.129 e. The van der Waals surface area contributed by atoms with Gasteiger partial charge in [-0.3, -0.25) is 4.90 Å². The molecule has 1 atom stereocenters. The van der Waals surface area contributed by atoms with Gasteiger partial charge in [0.2, 0.25) is 0 Å². The van der Waals surface area contributed by atoms with Gasteiger partial charge in [-0.25, -0.2) is 4.39 Å². The molecular formula is C18H28Cl3FN2. The van der Waals surface area contributed by atoms with Crippen LogP contribution in [0.1, 0.15) is 49.3 Å². The van der Waals surface area contributed by atoms with Gasteiger partial charge in [0.05, 0.1) is 5.02 Å². The van der Waals surface area contributed by atoms with Gasteiger partial charge < -0.3 is 5.32 Å². The van der Waals surface area contributed by atoms with E-state index in [1.54, 1.807) is 12.1 Å². The van der Waals surface area contributed by atoms with E-state index in [2.05, 4.69) is 10.2 Å². The summed E-state index contributed by atoms with van der Waals surface area (Å²) >= 11 is 6.55. The summed E-state index contributed by atoms with van der Waals surface area (Å²) in [5.41, 5.74) is 1.73. The van der Waals surface area contributed by atoms with Gasteiger partial charge in [-0.1, -0.05) is 36.9 Å². The van der Waals surface area contributed by atoms with Crippen LogP contribution < -0.4 is 5.32 Å². The predicted molar refractivity (Wildman–Crippen MR) is 104 cm³/mol. The van der Waals surface area contributed by atoms with Crippen LogP contribution in [0.4, 0.5) is 4.39 Å². The summed E-state index contributed by atoms with van der Waals surface area (Å²) in [5.74, 6) is 0.394. The fourth-order valence-electron chi connectivity index (χ4n) is 4.08. The van der Waals surface area contributed by atoms with Crippen LogP contribution in [0, 0.1) is 18.7 Å². The first kappa shape index (κ1) is 22.0. The Morgan fingerprint density at radius 1 is 1.12 bits per heavy atom. The molecule has 1 aromatic carbocycles. The van der Waals surface area contributed by atoms with Crippen LogP contribution in [-0.2, 0) is 0 Å². The summed E-state index contributed by atoms with van der Waals surface area (Å²) < 4.78 is 14.7. The number of aryl methyl sites for hydroxylation is 1. The summed E-state index contributed by atoms with van der Waals surface area (Å²) in [6.45, 7) is 5.89. The summed E-state index contributed by atoms with van der Waals surface area (Å²) in [5, 5.41) is 4.03. The van der Waals surface area contributed by atoms with E-state index < -0.39 is 0 Å². The Morgan fingerprint density at radius 2 is 1.75 bits per heavy atom. The fraction of sp³-hybridized carbons (Fsp3) is 0.667. The molecule has 1 aromatic rings. The zero-order valence-corrected chi connectivity index (χ0v) is 16.6. The highest BCUT2D eigenvalue weighted by atomic mass is 35.5. The van der Waals surface area contributed by atoms with Crippen LogP contribution in [0.5, 0.6) is 0 Å². The molecule has 138 valence electrons. The molecule has 2 aliphatic rings. The van der Waals surface area contributed by atoms with E-state index in [0.717, 1.165) is 37.3 Å². The quantitative estimate of drug-likeness (QED) is 0.758. The standard InChI is InChI=1S/C18H26ClFN2.2ClH/c1-13-7-8-15(20)16(17(13)19)18(14-5-3-2-4-6-14)22-11-9-21-10-12-22;;/h7-8,14,18,21H,2-6,9-12H2,1H3;2*1H/t18-;;/m1../s1. The first-order chi connectivity index (χ1) is 10.7. The van der Waals surface area contributed by atoms with Crippen molar-refractivity contribution < 1.29 is 4.39 Å². The van der Waals surface area contributed by atoms with Crippen molar-refractivity contribution in [3.8, 4) is 0 Å². The SMILES string of the molecule is Cc1ccc(F)c([C@@H](C2CCCCC2)N2CCNCC2)c1Cl.Cl.Cl. The number of halogens is 4. The van der Waals surface area contributed by atoms with Crippen molar-refractivity contribution in [2.45, 2.75) is 45.1 Å². The van der Waals surface area contributed by atoms with Crippen LogP contribution in [-0.4, -0.2) is 31.1 Å². The molecule has 6 heteroatoms. The first-order valence-electron chi connectivity index (χ1n) is 8.57. The molecule has 1 N–H and O–H groups in total. The van der Waals surface area contributed by atoms with Gasteiger partial charge in [-0.2, -0.15) is 0 Å². The minimum absolute atomic E-state index is 0.